The third-order valence-electron chi connectivity index (χ3n) is 2.12. The van der Waals surface area contributed by atoms with Crippen molar-refractivity contribution >= 4 is 5.78 Å². The molecule has 0 saturated carbocycles. The maximum Gasteiger partial charge on any atom is 0.160 e. The Morgan fingerprint density at radius 1 is 1.21 bits per heavy atom. The monoisotopic (exact) mass is 200 g/mol. The summed E-state index contributed by atoms with van der Waals surface area (Å²) in [5.74, 6) is -0.0438. The second-order valence-electron chi connectivity index (χ2n) is 3.30. The SMILES string of the molecule is CCCCCCC(=O)C(=CCO)CO. The molecule has 3 heteroatoms. The van der Waals surface area contributed by atoms with Crippen LogP contribution in [-0.2, 0) is 4.79 Å². The largest absolute Gasteiger partial charge is 0.392 e. The van der Waals surface area contributed by atoms with E-state index in [1.165, 1.54) is 6.08 Å². The first-order valence-electron chi connectivity index (χ1n) is 5.20. The molecule has 82 valence electrons. The van der Waals surface area contributed by atoms with E-state index in [4.69, 9.17) is 10.2 Å². The number of carbonyl (C=O) groups excluding carboxylic acids is 1. The van der Waals surface area contributed by atoms with Crippen LogP contribution in [0.25, 0.3) is 0 Å². The number of aliphatic hydroxyl groups excluding tert-OH is 2. The van der Waals surface area contributed by atoms with Crippen molar-refractivity contribution in [2.24, 2.45) is 0 Å². The zero-order valence-corrected chi connectivity index (χ0v) is 8.83. The Morgan fingerprint density at radius 2 is 1.93 bits per heavy atom. The van der Waals surface area contributed by atoms with Crippen LogP contribution in [0, 0.1) is 0 Å². The van der Waals surface area contributed by atoms with Crippen LogP contribution in [0.2, 0.25) is 0 Å². The second-order valence-corrected chi connectivity index (χ2v) is 3.30. The Hall–Kier alpha value is -0.670. The molecule has 0 aromatic heterocycles. The van der Waals surface area contributed by atoms with Gasteiger partial charge in [-0.3, -0.25) is 4.79 Å². The summed E-state index contributed by atoms with van der Waals surface area (Å²) in [6, 6.07) is 0. The van der Waals surface area contributed by atoms with E-state index >= 15 is 0 Å². The fraction of sp³-hybridized carbons (Fsp3) is 0.727. The van der Waals surface area contributed by atoms with Crippen LogP contribution in [0.4, 0.5) is 0 Å². The Bertz CT molecular complexity index is 185. The van der Waals surface area contributed by atoms with Crippen LogP contribution in [0.5, 0.6) is 0 Å². The Morgan fingerprint density at radius 3 is 2.43 bits per heavy atom. The lowest BCUT2D eigenvalue weighted by Crippen LogP contribution is -2.07. The molecule has 0 saturated heterocycles. The molecule has 0 aliphatic heterocycles. The maximum atomic E-state index is 11.4. The van der Waals surface area contributed by atoms with Crippen LogP contribution in [0.3, 0.4) is 0 Å². The number of Topliss-reactive ketones (excluding diaryl/α,β-unsaturated/α-hetero) is 1. The second kappa shape index (κ2) is 8.91. The van der Waals surface area contributed by atoms with Gasteiger partial charge in [-0.05, 0) is 6.42 Å². The Kier molecular flexibility index (Phi) is 8.48. The fourth-order valence-electron chi connectivity index (χ4n) is 1.25. The zero-order chi connectivity index (χ0) is 10.8. The van der Waals surface area contributed by atoms with Crippen molar-refractivity contribution in [3.8, 4) is 0 Å². The van der Waals surface area contributed by atoms with Crippen LogP contribution in [0.1, 0.15) is 39.0 Å². The molecule has 0 bridgehead atoms. The van der Waals surface area contributed by atoms with Crippen molar-refractivity contribution in [1.82, 2.24) is 0 Å². The van der Waals surface area contributed by atoms with E-state index in [9.17, 15) is 4.79 Å². The van der Waals surface area contributed by atoms with Gasteiger partial charge in [0.15, 0.2) is 5.78 Å². The first-order chi connectivity index (χ1) is 6.76. The van der Waals surface area contributed by atoms with E-state index in [2.05, 4.69) is 6.92 Å². The lowest BCUT2D eigenvalue weighted by atomic mass is 10.0. The summed E-state index contributed by atoms with van der Waals surface area (Å²) >= 11 is 0. The highest BCUT2D eigenvalue weighted by atomic mass is 16.3. The van der Waals surface area contributed by atoms with Gasteiger partial charge in [0.2, 0.25) is 0 Å². The molecular formula is C11H20O3. The zero-order valence-electron chi connectivity index (χ0n) is 8.83. The lowest BCUT2D eigenvalue weighted by molar-refractivity contribution is -0.116. The van der Waals surface area contributed by atoms with Crippen molar-refractivity contribution in [2.45, 2.75) is 39.0 Å². The normalized spacial score (nSPS) is 11.8. The van der Waals surface area contributed by atoms with E-state index in [0.29, 0.717) is 12.0 Å². The van der Waals surface area contributed by atoms with Gasteiger partial charge in [-0.1, -0.05) is 32.3 Å². The molecule has 3 nitrogen and oxygen atoms in total. The number of rotatable bonds is 8. The molecule has 0 radical (unpaired) electrons. The molecule has 0 aliphatic rings. The highest BCUT2D eigenvalue weighted by molar-refractivity contribution is 5.95. The van der Waals surface area contributed by atoms with Gasteiger partial charge in [-0.25, -0.2) is 0 Å². The van der Waals surface area contributed by atoms with Gasteiger partial charge in [0.1, 0.15) is 0 Å². The molecule has 0 aromatic carbocycles. The first kappa shape index (κ1) is 13.3. The summed E-state index contributed by atoms with van der Waals surface area (Å²) in [7, 11) is 0. The van der Waals surface area contributed by atoms with Gasteiger partial charge in [0.05, 0.1) is 13.2 Å². The van der Waals surface area contributed by atoms with Gasteiger partial charge in [-0.2, -0.15) is 0 Å². The highest BCUT2D eigenvalue weighted by Crippen LogP contribution is 2.07. The Labute approximate surface area is 85.4 Å². The van der Waals surface area contributed by atoms with Crippen molar-refractivity contribution < 1.29 is 15.0 Å². The summed E-state index contributed by atoms with van der Waals surface area (Å²) in [6.07, 6.45) is 6.07. The minimum atomic E-state index is -0.271. The smallest absolute Gasteiger partial charge is 0.160 e. The number of aliphatic hydroxyl groups is 2. The third kappa shape index (κ3) is 5.89. The molecule has 0 amide bonds. The van der Waals surface area contributed by atoms with Gasteiger partial charge in [0.25, 0.3) is 0 Å². The van der Waals surface area contributed by atoms with Crippen molar-refractivity contribution in [3.05, 3.63) is 11.6 Å². The van der Waals surface area contributed by atoms with Gasteiger partial charge >= 0.3 is 0 Å². The quantitative estimate of drug-likeness (QED) is 0.460. The predicted octanol–water partition coefficient (Wildman–Crippen LogP) is 1.44. The van der Waals surface area contributed by atoms with E-state index in [1.807, 2.05) is 0 Å². The molecule has 0 fully saturated rings. The molecule has 0 spiro atoms. The number of ketones is 1. The molecule has 0 heterocycles. The molecule has 0 atom stereocenters. The molecule has 0 aliphatic carbocycles. The summed E-state index contributed by atoms with van der Waals surface area (Å²) in [5, 5.41) is 17.4. The molecule has 14 heavy (non-hydrogen) atoms. The summed E-state index contributed by atoms with van der Waals surface area (Å²) < 4.78 is 0. The molecule has 0 unspecified atom stereocenters. The van der Waals surface area contributed by atoms with E-state index in [-0.39, 0.29) is 19.0 Å². The van der Waals surface area contributed by atoms with E-state index < -0.39 is 0 Å². The van der Waals surface area contributed by atoms with Gasteiger partial charge < -0.3 is 10.2 Å². The van der Waals surface area contributed by atoms with Crippen LogP contribution >= 0.6 is 0 Å². The number of unbranched alkanes of at least 4 members (excludes halogenated alkanes) is 3. The molecule has 0 rings (SSSR count). The van der Waals surface area contributed by atoms with E-state index in [1.54, 1.807) is 0 Å². The minimum absolute atomic E-state index is 0.0438. The van der Waals surface area contributed by atoms with Gasteiger partial charge in [-0.15, -0.1) is 0 Å². The average molecular weight is 200 g/mol. The topological polar surface area (TPSA) is 57.5 Å². The highest BCUT2D eigenvalue weighted by Gasteiger charge is 2.06. The number of carbonyl (C=O) groups is 1. The predicted molar refractivity (Wildman–Crippen MR) is 56.0 cm³/mol. The third-order valence-corrected chi connectivity index (χ3v) is 2.12. The van der Waals surface area contributed by atoms with E-state index in [0.717, 1.165) is 25.7 Å². The lowest BCUT2D eigenvalue weighted by Gasteiger charge is -2.02. The van der Waals surface area contributed by atoms with Gasteiger partial charge in [0, 0.05) is 12.0 Å². The first-order valence-corrected chi connectivity index (χ1v) is 5.20. The molecular weight excluding hydrogens is 180 g/mol. The minimum Gasteiger partial charge on any atom is -0.392 e. The number of hydrogen-bond donors (Lipinski definition) is 2. The van der Waals surface area contributed by atoms with Crippen molar-refractivity contribution in [3.63, 3.8) is 0 Å². The number of hydrogen-bond acceptors (Lipinski definition) is 3. The summed E-state index contributed by atoms with van der Waals surface area (Å²) in [4.78, 5) is 11.4. The average Bonchev–Trinajstić information content (AvgIpc) is 2.20. The molecule has 0 aromatic rings. The molecule has 2 N–H and O–H groups in total. The van der Waals surface area contributed by atoms with Crippen molar-refractivity contribution in [2.75, 3.05) is 13.2 Å². The fourth-order valence-corrected chi connectivity index (χ4v) is 1.25. The van der Waals surface area contributed by atoms with Crippen LogP contribution < -0.4 is 0 Å². The Balaban J connectivity index is 3.76. The summed E-state index contributed by atoms with van der Waals surface area (Å²) in [5.41, 5.74) is 0.337. The maximum absolute atomic E-state index is 11.4. The van der Waals surface area contributed by atoms with Crippen LogP contribution in [-0.4, -0.2) is 29.2 Å². The van der Waals surface area contributed by atoms with Crippen LogP contribution in [0.15, 0.2) is 11.6 Å². The standard InChI is InChI=1S/C11H20O3/c1-2-3-4-5-6-11(14)10(9-13)7-8-12/h7,12-13H,2-6,8-9H2,1H3. The van der Waals surface area contributed by atoms with Crippen molar-refractivity contribution in [1.29, 1.82) is 0 Å². The summed E-state index contributed by atoms with van der Waals surface area (Å²) in [6.45, 7) is 1.66.